The summed E-state index contributed by atoms with van der Waals surface area (Å²) in [4.78, 5) is 12.0. The average molecular weight is 293 g/mol. The van der Waals surface area contributed by atoms with E-state index in [-0.39, 0.29) is 23.1 Å². The fraction of sp³-hybridized carbons (Fsp3) is 0.588. The fourth-order valence-electron chi connectivity index (χ4n) is 2.75. The summed E-state index contributed by atoms with van der Waals surface area (Å²) in [7, 11) is 0. The molecule has 1 aliphatic rings. The second kappa shape index (κ2) is 7.03. The van der Waals surface area contributed by atoms with E-state index in [4.69, 9.17) is 4.74 Å². The molecule has 1 amide bonds. The standard InChI is InChI=1S/C17H24FNO2/c1-3-13(2)16(20)19-12-17(8-10-21-11-9-17)14-4-6-15(18)7-5-14/h4-7,13H,3,8-12H2,1-2H3,(H,19,20)/t13-/m1/s1. The number of hydrogen-bond acceptors (Lipinski definition) is 2. The fourth-order valence-corrected chi connectivity index (χ4v) is 2.75. The molecule has 1 heterocycles. The first-order valence-corrected chi connectivity index (χ1v) is 7.69. The predicted molar refractivity (Wildman–Crippen MR) is 80.6 cm³/mol. The van der Waals surface area contributed by atoms with Crippen molar-refractivity contribution in [1.82, 2.24) is 5.32 Å². The molecule has 0 unspecified atom stereocenters. The zero-order valence-corrected chi connectivity index (χ0v) is 12.8. The summed E-state index contributed by atoms with van der Waals surface area (Å²) in [5, 5.41) is 3.07. The molecular weight excluding hydrogens is 269 g/mol. The zero-order chi connectivity index (χ0) is 15.3. The third kappa shape index (κ3) is 3.82. The van der Waals surface area contributed by atoms with Crippen molar-refractivity contribution >= 4 is 5.91 Å². The first-order valence-electron chi connectivity index (χ1n) is 7.69. The van der Waals surface area contributed by atoms with Gasteiger partial charge < -0.3 is 10.1 Å². The maximum absolute atomic E-state index is 13.1. The summed E-state index contributed by atoms with van der Waals surface area (Å²) in [6, 6.07) is 6.64. The van der Waals surface area contributed by atoms with Gasteiger partial charge in [0.25, 0.3) is 0 Å². The summed E-state index contributed by atoms with van der Waals surface area (Å²) in [5.74, 6) is -0.120. The van der Waals surface area contributed by atoms with Gasteiger partial charge in [0.2, 0.25) is 5.91 Å². The monoisotopic (exact) mass is 293 g/mol. The normalized spacial score (nSPS) is 19.0. The van der Waals surface area contributed by atoms with E-state index in [1.165, 1.54) is 12.1 Å². The van der Waals surface area contributed by atoms with Gasteiger partial charge in [-0.3, -0.25) is 4.79 Å². The minimum atomic E-state index is -0.232. The Kier molecular flexibility index (Phi) is 5.34. The third-order valence-corrected chi connectivity index (χ3v) is 4.57. The zero-order valence-electron chi connectivity index (χ0n) is 12.8. The number of benzene rings is 1. The van der Waals surface area contributed by atoms with Crippen molar-refractivity contribution in [3.05, 3.63) is 35.6 Å². The molecule has 21 heavy (non-hydrogen) atoms. The van der Waals surface area contributed by atoms with Gasteiger partial charge in [-0.25, -0.2) is 4.39 Å². The molecule has 1 aromatic carbocycles. The highest BCUT2D eigenvalue weighted by Gasteiger charge is 2.35. The molecule has 0 radical (unpaired) electrons. The van der Waals surface area contributed by atoms with Crippen LogP contribution in [0.5, 0.6) is 0 Å². The van der Waals surface area contributed by atoms with Crippen LogP contribution in [0.1, 0.15) is 38.7 Å². The topological polar surface area (TPSA) is 38.3 Å². The van der Waals surface area contributed by atoms with Crippen molar-refractivity contribution in [3.8, 4) is 0 Å². The first kappa shape index (κ1) is 16.0. The molecule has 2 rings (SSSR count). The van der Waals surface area contributed by atoms with Gasteiger partial charge in [-0.15, -0.1) is 0 Å². The van der Waals surface area contributed by atoms with Gasteiger partial charge in [-0.05, 0) is 37.0 Å². The highest BCUT2D eigenvalue weighted by atomic mass is 19.1. The predicted octanol–water partition coefficient (Wildman–Crippen LogP) is 3.04. The van der Waals surface area contributed by atoms with Gasteiger partial charge in [0.05, 0.1) is 0 Å². The Morgan fingerprint density at radius 3 is 2.52 bits per heavy atom. The molecule has 1 aromatic rings. The van der Waals surface area contributed by atoms with Crippen molar-refractivity contribution in [2.45, 2.75) is 38.5 Å². The Morgan fingerprint density at radius 2 is 1.95 bits per heavy atom. The van der Waals surface area contributed by atoms with Gasteiger partial charge in [-0.2, -0.15) is 0 Å². The molecule has 4 heteroatoms. The lowest BCUT2D eigenvalue weighted by Gasteiger charge is -2.38. The van der Waals surface area contributed by atoms with Gasteiger partial charge >= 0.3 is 0 Å². The summed E-state index contributed by atoms with van der Waals surface area (Å²) < 4.78 is 18.6. The summed E-state index contributed by atoms with van der Waals surface area (Å²) >= 11 is 0. The van der Waals surface area contributed by atoms with E-state index in [1.54, 1.807) is 0 Å². The van der Waals surface area contributed by atoms with Crippen molar-refractivity contribution in [2.24, 2.45) is 5.92 Å². The van der Waals surface area contributed by atoms with Gasteiger partial charge in [0.1, 0.15) is 5.82 Å². The van der Waals surface area contributed by atoms with Crippen LogP contribution in [0.15, 0.2) is 24.3 Å². The Morgan fingerprint density at radius 1 is 1.33 bits per heavy atom. The molecule has 0 saturated carbocycles. The van der Waals surface area contributed by atoms with Gasteiger partial charge in [0, 0.05) is 31.1 Å². The Balaban J connectivity index is 2.13. The van der Waals surface area contributed by atoms with Crippen molar-refractivity contribution in [1.29, 1.82) is 0 Å². The Labute approximate surface area is 125 Å². The molecule has 1 saturated heterocycles. The molecule has 0 bridgehead atoms. The summed E-state index contributed by atoms with van der Waals surface area (Å²) in [6.07, 6.45) is 2.53. The number of rotatable bonds is 5. The van der Waals surface area contributed by atoms with Crippen LogP contribution in [0.3, 0.4) is 0 Å². The molecule has 0 aromatic heterocycles. The van der Waals surface area contributed by atoms with Crippen molar-refractivity contribution in [2.75, 3.05) is 19.8 Å². The van der Waals surface area contributed by atoms with E-state index in [9.17, 15) is 9.18 Å². The maximum atomic E-state index is 13.1. The smallest absolute Gasteiger partial charge is 0.222 e. The molecule has 0 aliphatic carbocycles. The second-order valence-electron chi connectivity index (χ2n) is 5.93. The van der Waals surface area contributed by atoms with E-state index in [1.807, 2.05) is 26.0 Å². The summed E-state index contributed by atoms with van der Waals surface area (Å²) in [5.41, 5.74) is 0.936. The molecule has 1 aliphatic heterocycles. The van der Waals surface area contributed by atoms with E-state index in [0.29, 0.717) is 19.8 Å². The molecule has 0 spiro atoms. The number of carbonyl (C=O) groups is 1. The van der Waals surface area contributed by atoms with Crippen LogP contribution in [0.25, 0.3) is 0 Å². The number of halogens is 1. The maximum Gasteiger partial charge on any atom is 0.222 e. The van der Waals surface area contributed by atoms with Crippen LogP contribution >= 0.6 is 0 Å². The van der Waals surface area contributed by atoms with E-state index >= 15 is 0 Å². The molecule has 1 N–H and O–H groups in total. The quantitative estimate of drug-likeness (QED) is 0.906. The lowest BCUT2D eigenvalue weighted by atomic mass is 9.74. The minimum Gasteiger partial charge on any atom is -0.381 e. The minimum absolute atomic E-state index is 0.0232. The van der Waals surface area contributed by atoms with Crippen LogP contribution in [-0.2, 0) is 14.9 Å². The summed E-state index contributed by atoms with van der Waals surface area (Å²) in [6.45, 7) is 5.89. The van der Waals surface area contributed by atoms with Crippen LogP contribution in [0.2, 0.25) is 0 Å². The van der Waals surface area contributed by atoms with Crippen molar-refractivity contribution < 1.29 is 13.9 Å². The van der Waals surface area contributed by atoms with Crippen LogP contribution in [0.4, 0.5) is 4.39 Å². The second-order valence-corrected chi connectivity index (χ2v) is 5.93. The number of carbonyl (C=O) groups excluding carboxylic acids is 1. The molecule has 3 nitrogen and oxygen atoms in total. The first-order chi connectivity index (χ1) is 10.1. The highest BCUT2D eigenvalue weighted by molar-refractivity contribution is 5.78. The number of amides is 1. The van der Waals surface area contributed by atoms with Crippen LogP contribution in [0, 0.1) is 11.7 Å². The van der Waals surface area contributed by atoms with E-state index < -0.39 is 0 Å². The van der Waals surface area contributed by atoms with Gasteiger partial charge in [0.15, 0.2) is 0 Å². The molecule has 116 valence electrons. The Hall–Kier alpha value is -1.42. The van der Waals surface area contributed by atoms with Crippen LogP contribution in [-0.4, -0.2) is 25.7 Å². The SMILES string of the molecule is CC[C@@H](C)C(=O)NCC1(c2ccc(F)cc2)CCOCC1. The molecular formula is C17H24FNO2. The van der Waals surface area contributed by atoms with Crippen molar-refractivity contribution in [3.63, 3.8) is 0 Å². The van der Waals surface area contributed by atoms with E-state index in [0.717, 1.165) is 24.8 Å². The lowest BCUT2D eigenvalue weighted by Crippen LogP contribution is -2.45. The van der Waals surface area contributed by atoms with Crippen LogP contribution < -0.4 is 5.32 Å². The van der Waals surface area contributed by atoms with E-state index in [2.05, 4.69) is 5.32 Å². The molecule has 1 atom stereocenters. The number of nitrogens with one attached hydrogen (secondary N) is 1. The molecule has 1 fully saturated rings. The lowest BCUT2D eigenvalue weighted by molar-refractivity contribution is -0.125. The third-order valence-electron chi connectivity index (χ3n) is 4.57. The number of hydrogen-bond donors (Lipinski definition) is 1. The number of ether oxygens (including phenoxy) is 1. The Bertz CT molecular complexity index is 466. The average Bonchev–Trinajstić information content (AvgIpc) is 2.53. The van der Waals surface area contributed by atoms with Gasteiger partial charge in [-0.1, -0.05) is 26.0 Å². The largest absolute Gasteiger partial charge is 0.381 e. The highest BCUT2D eigenvalue weighted by Crippen LogP contribution is 2.34.